The third-order valence-electron chi connectivity index (χ3n) is 2.86. The van der Waals surface area contributed by atoms with Crippen LogP contribution < -0.4 is 5.32 Å². The van der Waals surface area contributed by atoms with Gasteiger partial charge in [-0.3, -0.25) is 0 Å². The number of halogens is 1. The first-order valence-electron chi connectivity index (χ1n) is 6.13. The number of alkyl halides is 1. The highest BCUT2D eigenvalue weighted by Gasteiger charge is 2.01. The van der Waals surface area contributed by atoms with Crippen LogP contribution in [0.3, 0.4) is 0 Å². The van der Waals surface area contributed by atoms with E-state index in [1.165, 1.54) is 34.9 Å². The lowest BCUT2D eigenvalue weighted by Gasteiger charge is -2.03. The zero-order chi connectivity index (χ0) is 11.9. The van der Waals surface area contributed by atoms with Crippen molar-refractivity contribution in [1.82, 2.24) is 5.32 Å². The van der Waals surface area contributed by atoms with Crippen molar-refractivity contribution in [2.45, 2.75) is 25.8 Å². The first kappa shape index (κ1) is 13.1. The summed E-state index contributed by atoms with van der Waals surface area (Å²) in [6.07, 6.45) is 3.86. The van der Waals surface area contributed by atoms with Crippen molar-refractivity contribution in [2.24, 2.45) is 0 Å². The third kappa shape index (κ3) is 3.80. The van der Waals surface area contributed by atoms with E-state index in [2.05, 4.69) is 50.9 Å². The number of hydrogen-bond acceptors (Lipinski definition) is 2. The number of rotatable bonds is 7. The molecule has 0 amide bonds. The van der Waals surface area contributed by atoms with Gasteiger partial charge in [-0.2, -0.15) is 0 Å². The number of benzene rings is 1. The zero-order valence-electron chi connectivity index (χ0n) is 9.92. The third-order valence-corrected chi connectivity index (χ3v) is 4.44. The van der Waals surface area contributed by atoms with Crippen molar-refractivity contribution in [1.29, 1.82) is 0 Å². The van der Waals surface area contributed by atoms with E-state index in [9.17, 15) is 0 Å². The molecule has 0 saturated heterocycles. The summed E-state index contributed by atoms with van der Waals surface area (Å²) in [4.78, 5) is 0. The van der Waals surface area contributed by atoms with Crippen LogP contribution in [-0.4, -0.2) is 11.9 Å². The molecule has 0 unspecified atom stereocenters. The fourth-order valence-corrected chi connectivity index (χ4v) is 3.27. The predicted octanol–water partition coefficient (Wildman–Crippen LogP) is 4.56. The van der Waals surface area contributed by atoms with E-state index in [1.807, 2.05) is 11.3 Å². The largest absolute Gasteiger partial charge is 0.313 e. The van der Waals surface area contributed by atoms with Crippen LogP contribution in [0.1, 0.15) is 24.8 Å². The molecular weight excluding hydrogens is 294 g/mol. The smallest absolute Gasteiger partial charge is 0.0346 e. The molecule has 1 nitrogen and oxygen atoms in total. The number of fused-ring (bicyclic) bond motifs is 1. The average Bonchev–Trinajstić information content (AvgIpc) is 2.77. The average molecular weight is 312 g/mol. The fraction of sp³-hybridized carbons (Fsp3) is 0.429. The second-order valence-corrected chi connectivity index (χ2v) is 5.89. The van der Waals surface area contributed by atoms with E-state index in [1.54, 1.807) is 0 Å². The molecular formula is C14H18BrNS. The quantitative estimate of drug-likeness (QED) is 0.584. The normalized spacial score (nSPS) is 11.1. The summed E-state index contributed by atoms with van der Waals surface area (Å²) in [5, 5.41) is 8.34. The van der Waals surface area contributed by atoms with Crippen molar-refractivity contribution in [3.63, 3.8) is 0 Å². The van der Waals surface area contributed by atoms with Crippen LogP contribution in [0.15, 0.2) is 29.6 Å². The summed E-state index contributed by atoms with van der Waals surface area (Å²) < 4.78 is 1.39. The molecule has 0 radical (unpaired) electrons. The Labute approximate surface area is 115 Å². The maximum absolute atomic E-state index is 3.53. The standard InChI is InChI=1S/C14H18BrNS/c15-8-4-1-5-9-16-10-12-11-17-14-7-3-2-6-13(12)14/h2-3,6-7,11,16H,1,4-5,8-10H2. The number of thiophene rings is 1. The molecule has 1 heterocycles. The van der Waals surface area contributed by atoms with Crippen LogP contribution >= 0.6 is 27.3 Å². The minimum Gasteiger partial charge on any atom is -0.313 e. The minimum atomic E-state index is 0.998. The highest BCUT2D eigenvalue weighted by molar-refractivity contribution is 9.09. The van der Waals surface area contributed by atoms with Gasteiger partial charge in [0.1, 0.15) is 0 Å². The molecule has 1 aromatic carbocycles. The fourth-order valence-electron chi connectivity index (χ4n) is 1.91. The van der Waals surface area contributed by atoms with E-state index in [-0.39, 0.29) is 0 Å². The van der Waals surface area contributed by atoms with Crippen LogP contribution in [-0.2, 0) is 6.54 Å². The summed E-state index contributed by atoms with van der Waals surface area (Å²) >= 11 is 5.30. The van der Waals surface area contributed by atoms with E-state index >= 15 is 0 Å². The van der Waals surface area contributed by atoms with Gasteiger partial charge >= 0.3 is 0 Å². The van der Waals surface area contributed by atoms with Crippen LogP contribution in [0.2, 0.25) is 0 Å². The van der Waals surface area contributed by atoms with Gasteiger partial charge in [0.25, 0.3) is 0 Å². The molecule has 0 fully saturated rings. The van der Waals surface area contributed by atoms with Crippen molar-refractivity contribution in [2.75, 3.05) is 11.9 Å². The molecule has 2 aromatic rings. The Kier molecular flexibility index (Phi) is 5.49. The monoisotopic (exact) mass is 311 g/mol. The molecule has 0 atom stereocenters. The summed E-state index contributed by atoms with van der Waals surface area (Å²) in [5.74, 6) is 0. The van der Waals surface area contributed by atoms with Gasteiger partial charge in [0.15, 0.2) is 0 Å². The number of nitrogens with one attached hydrogen (secondary N) is 1. The Morgan fingerprint density at radius 3 is 2.88 bits per heavy atom. The molecule has 0 spiro atoms. The predicted molar refractivity (Wildman–Crippen MR) is 81.2 cm³/mol. The Balaban J connectivity index is 1.79. The van der Waals surface area contributed by atoms with Crippen molar-refractivity contribution in [3.8, 4) is 0 Å². The Morgan fingerprint density at radius 1 is 1.12 bits per heavy atom. The minimum absolute atomic E-state index is 0.998. The van der Waals surface area contributed by atoms with Crippen molar-refractivity contribution < 1.29 is 0 Å². The van der Waals surface area contributed by atoms with Gasteiger partial charge in [-0.05, 0) is 41.8 Å². The first-order chi connectivity index (χ1) is 8.42. The SMILES string of the molecule is BrCCCCCNCc1csc2ccccc12. The second kappa shape index (κ2) is 7.14. The molecule has 0 saturated carbocycles. The van der Waals surface area contributed by atoms with Gasteiger partial charge in [-0.25, -0.2) is 0 Å². The molecule has 0 aliphatic heterocycles. The maximum Gasteiger partial charge on any atom is 0.0346 e. The lowest BCUT2D eigenvalue weighted by molar-refractivity contribution is 0.621. The van der Waals surface area contributed by atoms with Crippen LogP contribution in [0.25, 0.3) is 10.1 Å². The van der Waals surface area contributed by atoms with Gasteiger partial charge in [0.05, 0.1) is 0 Å². The Morgan fingerprint density at radius 2 is 2.00 bits per heavy atom. The van der Waals surface area contributed by atoms with Gasteiger partial charge < -0.3 is 5.32 Å². The lowest BCUT2D eigenvalue weighted by Crippen LogP contribution is -2.14. The zero-order valence-corrected chi connectivity index (χ0v) is 12.3. The molecule has 2 rings (SSSR count). The van der Waals surface area contributed by atoms with Crippen LogP contribution in [0.4, 0.5) is 0 Å². The molecule has 1 N–H and O–H groups in total. The van der Waals surface area contributed by atoms with Crippen molar-refractivity contribution >= 4 is 37.4 Å². The highest BCUT2D eigenvalue weighted by atomic mass is 79.9. The molecule has 17 heavy (non-hydrogen) atoms. The van der Waals surface area contributed by atoms with E-state index < -0.39 is 0 Å². The summed E-state index contributed by atoms with van der Waals surface area (Å²) in [6.45, 7) is 2.12. The molecule has 0 aliphatic carbocycles. The van der Waals surface area contributed by atoms with Crippen LogP contribution in [0, 0.1) is 0 Å². The van der Waals surface area contributed by atoms with Gasteiger partial charge in [-0.15, -0.1) is 11.3 Å². The maximum atomic E-state index is 3.53. The molecule has 92 valence electrons. The summed E-state index contributed by atoms with van der Waals surface area (Å²) in [6, 6.07) is 8.64. The Bertz CT molecular complexity index is 452. The summed E-state index contributed by atoms with van der Waals surface area (Å²) in [5.41, 5.74) is 1.44. The van der Waals surface area contributed by atoms with E-state index in [0.717, 1.165) is 18.4 Å². The topological polar surface area (TPSA) is 12.0 Å². The van der Waals surface area contributed by atoms with Crippen molar-refractivity contribution in [3.05, 3.63) is 35.2 Å². The molecule has 0 bridgehead atoms. The number of hydrogen-bond donors (Lipinski definition) is 1. The molecule has 1 aromatic heterocycles. The van der Waals surface area contributed by atoms with Crippen LogP contribution in [0.5, 0.6) is 0 Å². The first-order valence-corrected chi connectivity index (χ1v) is 8.13. The molecule has 0 aliphatic rings. The summed E-state index contributed by atoms with van der Waals surface area (Å²) in [7, 11) is 0. The number of unbranched alkanes of at least 4 members (excludes halogenated alkanes) is 2. The van der Waals surface area contributed by atoms with E-state index in [0.29, 0.717) is 0 Å². The van der Waals surface area contributed by atoms with E-state index in [4.69, 9.17) is 0 Å². The van der Waals surface area contributed by atoms with Gasteiger partial charge in [0.2, 0.25) is 0 Å². The van der Waals surface area contributed by atoms with Gasteiger partial charge in [0, 0.05) is 16.6 Å². The lowest BCUT2D eigenvalue weighted by atomic mass is 10.2. The molecule has 3 heteroatoms. The highest BCUT2D eigenvalue weighted by Crippen LogP contribution is 2.25. The Hall–Kier alpha value is -0.380. The second-order valence-electron chi connectivity index (χ2n) is 4.18. The van der Waals surface area contributed by atoms with Gasteiger partial charge in [-0.1, -0.05) is 40.5 Å².